The van der Waals surface area contributed by atoms with E-state index in [1.807, 2.05) is 0 Å². The van der Waals surface area contributed by atoms with E-state index in [2.05, 4.69) is 0 Å². The first kappa shape index (κ1) is 28.6. The quantitative estimate of drug-likeness (QED) is 0.211. The highest BCUT2D eigenvalue weighted by Gasteiger charge is 2.33. The third kappa shape index (κ3) is 6.65. The van der Waals surface area contributed by atoms with Gasteiger partial charge >= 0.3 is 5.97 Å². The van der Waals surface area contributed by atoms with Gasteiger partial charge in [-0.2, -0.15) is 0 Å². The number of esters is 1. The molecule has 0 aliphatic carbocycles. The van der Waals surface area contributed by atoms with Crippen LogP contribution < -0.4 is 14.2 Å². The zero-order valence-corrected chi connectivity index (χ0v) is 22.1. The van der Waals surface area contributed by atoms with Gasteiger partial charge in [-0.05, 0) is 74.4 Å². The maximum Gasteiger partial charge on any atom is 0.303 e. The van der Waals surface area contributed by atoms with Crippen LogP contribution >= 0.6 is 0 Å². The van der Waals surface area contributed by atoms with Crippen LogP contribution in [0.2, 0.25) is 0 Å². The Bertz CT molecular complexity index is 1310. The summed E-state index contributed by atoms with van der Waals surface area (Å²) in [4.78, 5) is 29.9. The van der Waals surface area contributed by atoms with Crippen molar-refractivity contribution < 1.29 is 37.3 Å². The SMILES string of the molecule is COc1cc(C(=O)CCC(C)(OC(C)=O)c2ccc(OC)c(-c3ccc(F)c(C)c3)n2)ccc1OCCF. The smallest absolute Gasteiger partial charge is 0.303 e. The summed E-state index contributed by atoms with van der Waals surface area (Å²) < 4.78 is 48.1. The molecular formula is C29H31F2NO6. The molecule has 1 heterocycles. The summed E-state index contributed by atoms with van der Waals surface area (Å²) in [5.41, 5.74) is 1.06. The number of benzene rings is 2. The Morgan fingerprint density at radius 2 is 1.68 bits per heavy atom. The fraction of sp³-hybridized carbons (Fsp3) is 0.345. The van der Waals surface area contributed by atoms with Crippen molar-refractivity contribution in [3.63, 3.8) is 0 Å². The lowest BCUT2D eigenvalue weighted by Crippen LogP contribution is -2.30. The number of hydrogen-bond donors (Lipinski definition) is 0. The molecule has 0 spiro atoms. The highest BCUT2D eigenvalue weighted by Crippen LogP contribution is 2.36. The number of rotatable bonds is 12. The van der Waals surface area contributed by atoms with Crippen LogP contribution in [-0.4, -0.2) is 44.2 Å². The largest absolute Gasteiger partial charge is 0.494 e. The lowest BCUT2D eigenvalue weighted by molar-refractivity contribution is -0.157. The predicted octanol–water partition coefficient (Wildman–Crippen LogP) is 6.00. The lowest BCUT2D eigenvalue weighted by Gasteiger charge is -2.29. The summed E-state index contributed by atoms with van der Waals surface area (Å²) in [6.07, 6.45) is 0.158. The maximum atomic E-state index is 13.9. The van der Waals surface area contributed by atoms with E-state index in [0.29, 0.717) is 45.3 Å². The molecule has 9 heteroatoms. The van der Waals surface area contributed by atoms with E-state index in [9.17, 15) is 18.4 Å². The van der Waals surface area contributed by atoms with E-state index in [1.165, 1.54) is 33.3 Å². The van der Waals surface area contributed by atoms with Gasteiger partial charge in [0.25, 0.3) is 0 Å². The fourth-order valence-corrected chi connectivity index (χ4v) is 4.06. The Hall–Kier alpha value is -4.01. The molecule has 1 aromatic heterocycles. The number of hydrogen-bond acceptors (Lipinski definition) is 7. The lowest BCUT2D eigenvalue weighted by atomic mass is 9.91. The first-order valence-electron chi connectivity index (χ1n) is 12.0. The van der Waals surface area contributed by atoms with Crippen molar-refractivity contribution in [1.82, 2.24) is 4.98 Å². The van der Waals surface area contributed by atoms with Crippen molar-refractivity contribution in [2.75, 3.05) is 27.5 Å². The van der Waals surface area contributed by atoms with E-state index in [0.717, 1.165) is 0 Å². The molecule has 202 valence electrons. The number of methoxy groups -OCH3 is 2. The average molecular weight is 528 g/mol. The number of aryl methyl sites for hydroxylation is 1. The minimum atomic E-state index is -1.24. The normalized spacial score (nSPS) is 12.4. The molecule has 0 aliphatic rings. The summed E-state index contributed by atoms with van der Waals surface area (Å²) in [6, 6.07) is 12.6. The van der Waals surface area contributed by atoms with Gasteiger partial charge in [0.1, 0.15) is 30.5 Å². The molecule has 0 bridgehead atoms. The van der Waals surface area contributed by atoms with E-state index in [-0.39, 0.29) is 31.0 Å². The molecule has 3 aromatic rings. The Morgan fingerprint density at radius 1 is 0.974 bits per heavy atom. The zero-order chi connectivity index (χ0) is 27.9. The van der Waals surface area contributed by atoms with E-state index < -0.39 is 18.2 Å². The van der Waals surface area contributed by atoms with Crippen LogP contribution in [0.5, 0.6) is 17.2 Å². The first-order valence-corrected chi connectivity index (χ1v) is 12.0. The van der Waals surface area contributed by atoms with Gasteiger partial charge in [-0.25, -0.2) is 13.8 Å². The fourth-order valence-electron chi connectivity index (χ4n) is 4.06. The molecule has 0 amide bonds. The molecule has 2 aromatic carbocycles. The van der Waals surface area contributed by atoms with Crippen LogP contribution in [0.4, 0.5) is 8.78 Å². The number of pyridine rings is 1. The second-order valence-electron chi connectivity index (χ2n) is 8.86. The molecule has 1 unspecified atom stereocenters. The summed E-state index contributed by atoms with van der Waals surface area (Å²) in [5, 5.41) is 0. The number of carbonyl (C=O) groups excluding carboxylic acids is 2. The van der Waals surface area contributed by atoms with Gasteiger partial charge in [-0.1, -0.05) is 0 Å². The van der Waals surface area contributed by atoms with Crippen molar-refractivity contribution >= 4 is 11.8 Å². The van der Waals surface area contributed by atoms with Gasteiger partial charge < -0.3 is 18.9 Å². The average Bonchev–Trinajstić information content (AvgIpc) is 2.91. The van der Waals surface area contributed by atoms with E-state index in [4.69, 9.17) is 23.9 Å². The predicted molar refractivity (Wildman–Crippen MR) is 138 cm³/mol. The van der Waals surface area contributed by atoms with Crippen LogP contribution in [0.1, 0.15) is 48.3 Å². The number of nitrogens with zero attached hydrogens (tertiary/aromatic N) is 1. The summed E-state index contributed by atoms with van der Waals surface area (Å²) in [5.74, 6) is 0.00360. The molecule has 0 radical (unpaired) electrons. The number of ether oxygens (including phenoxy) is 4. The molecule has 0 N–H and O–H groups in total. The molecule has 0 saturated heterocycles. The Kier molecular flexibility index (Phi) is 9.39. The summed E-state index contributed by atoms with van der Waals surface area (Å²) >= 11 is 0. The number of alkyl halides is 1. The first-order chi connectivity index (χ1) is 18.1. The summed E-state index contributed by atoms with van der Waals surface area (Å²) in [6.45, 7) is 3.84. The van der Waals surface area contributed by atoms with Gasteiger partial charge in [0.2, 0.25) is 0 Å². The molecule has 0 fully saturated rings. The van der Waals surface area contributed by atoms with Crippen LogP contribution in [0.25, 0.3) is 11.3 Å². The highest BCUT2D eigenvalue weighted by atomic mass is 19.1. The van der Waals surface area contributed by atoms with Crippen molar-refractivity contribution in [2.24, 2.45) is 0 Å². The number of Topliss-reactive ketones (excluding diaryl/α,β-unsaturated/α-hetero) is 1. The molecule has 0 aliphatic heterocycles. The standard InChI is InChI=1S/C29H31F2NO6/c1-18-16-21(6-8-22(18)31)28-25(35-4)10-11-27(32-28)29(3,38-19(2)33)13-12-23(34)20-7-9-24(37-15-14-30)26(17-20)36-5/h6-11,16-17H,12-15H2,1-5H3. The minimum absolute atomic E-state index is 0.0241. The van der Waals surface area contributed by atoms with Crippen LogP contribution in [0, 0.1) is 12.7 Å². The highest BCUT2D eigenvalue weighted by molar-refractivity contribution is 5.96. The number of ketones is 1. The van der Waals surface area contributed by atoms with E-state index in [1.54, 1.807) is 50.2 Å². The second-order valence-corrected chi connectivity index (χ2v) is 8.86. The van der Waals surface area contributed by atoms with Gasteiger partial charge in [0.05, 0.1) is 19.9 Å². The Labute approximate surface area is 220 Å². The van der Waals surface area contributed by atoms with Crippen LogP contribution in [-0.2, 0) is 15.1 Å². The molecular weight excluding hydrogens is 496 g/mol. The topological polar surface area (TPSA) is 84.0 Å². The maximum absolute atomic E-state index is 13.9. The molecule has 1 atom stereocenters. The molecule has 0 saturated carbocycles. The summed E-state index contributed by atoms with van der Waals surface area (Å²) in [7, 11) is 2.93. The third-order valence-corrected chi connectivity index (χ3v) is 6.07. The van der Waals surface area contributed by atoms with Gasteiger partial charge in [-0.3, -0.25) is 9.59 Å². The Balaban J connectivity index is 1.92. The van der Waals surface area contributed by atoms with Crippen molar-refractivity contribution in [3.8, 4) is 28.5 Å². The number of aromatic nitrogens is 1. The zero-order valence-electron chi connectivity index (χ0n) is 22.1. The number of halogens is 2. The monoisotopic (exact) mass is 527 g/mol. The van der Waals surface area contributed by atoms with Gasteiger partial charge in [0.15, 0.2) is 22.9 Å². The second kappa shape index (κ2) is 12.5. The van der Waals surface area contributed by atoms with Gasteiger partial charge in [0, 0.05) is 24.5 Å². The van der Waals surface area contributed by atoms with Crippen LogP contribution in [0.3, 0.4) is 0 Å². The van der Waals surface area contributed by atoms with E-state index >= 15 is 0 Å². The number of carbonyl (C=O) groups is 2. The third-order valence-electron chi connectivity index (χ3n) is 6.07. The molecule has 3 rings (SSSR count). The Morgan fingerprint density at radius 3 is 2.32 bits per heavy atom. The van der Waals surface area contributed by atoms with Crippen molar-refractivity contribution in [3.05, 3.63) is 71.2 Å². The van der Waals surface area contributed by atoms with Gasteiger partial charge in [-0.15, -0.1) is 0 Å². The molecule has 38 heavy (non-hydrogen) atoms. The molecule has 7 nitrogen and oxygen atoms in total. The minimum Gasteiger partial charge on any atom is -0.494 e. The van der Waals surface area contributed by atoms with Crippen LogP contribution in [0.15, 0.2) is 48.5 Å². The van der Waals surface area contributed by atoms with Crippen molar-refractivity contribution in [1.29, 1.82) is 0 Å². The van der Waals surface area contributed by atoms with Crippen molar-refractivity contribution in [2.45, 2.75) is 39.2 Å².